The van der Waals surface area contributed by atoms with E-state index in [9.17, 15) is 18.8 Å². The molecule has 0 aliphatic heterocycles. The van der Waals surface area contributed by atoms with Crippen molar-refractivity contribution < 1.29 is 28.6 Å². The molecule has 0 bridgehead atoms. The fraction of sp³-hybridized carbons (Fsp3) is 0.273. The van der Waals surface area contributed by atoms with E-state index in [1.807, 2.05) is 24.3 Å². The molecule has 1 heterocycles. The van der Waals surface area contributed by atoms with Gasteiger partial charge >= 0.3 is 18.1 Å². The third-order valence-corrected chi connectivity index (χ3v) is 6.31. The van der Waals surface area contributed by atoms with Gasteiger partial charge in [0.1, 0.15) is 12.4 Å². The van der Waals surface area contributed by atoms with E-state index in [0.29, 0.717) is 10.7 Å². The molecule has 3 N–H and O–H groups in total. The summed E-state index contributed by atoms with van der Waals surface area (Å²) in [5, 5.41) is 14.4. The first kappa shape index (κ1) is 25.2. The van der Waals surface area contributed by atoms with Crippen LogP contribution in [-0.4, -0.2) is 52.8 Å². The number of aromatic nitrogens is 1. The lowest BCUT2D eigenvalue weighted by atomic mass is 10.1. The number of likely N-dealkylation sites (N-methyl/N-ethyl adjacent to an activating group) is 1. The van der Waals surface area contributed by atoms with Crippen molar-refractivity contribution in [1.82, 2.24) is 15.2 Å². The number of fused-ring (bicyclic) bond motifs is 1. The maximum atomic E-state index is 13.6. The van der Waals surface area contributed by atoms with E-state index in [2.05, 4.69) is 15.6 Å². The molecule has 0 fully saturated rings. The third kappa shape index (κ3) is 6.78. The summed E-state index contributed by atoms with van der Waals surface area (Å²) in [6.45, 7) is -0.279. The number of aliphatic carboxylic acids is 1. The van der Waals surface area contributed by atoms with Gasteiger partial charge in [0.25, 0.3) is 0 Å². The van der Waals surface area contributed by atoms with Crippen LogP contribution in [-0.2, 0) is 16.1 Å². The molecule has 12 heteroatoms. The normalized spacial score (nSPS) is 11.6. The second-order valence-corrected chi connectivity index (χ2v) is 8.69. The maximum absolute atomic E-state index is 13.6. The molecule has 0 aliphatic rings. The first-order valence-corrected chi connectivity index (χ1v) is 11.4. The molecule has 0 saturated carbocycles. The van der Waals surface area contributed by atoms with Crippen molar-refractivity contribution in [2.45, 2.75) is 25.4 Å². The molecule has 1 aromatic heterocycles. The largest absolute Gasteiger partial charge is 0.481 e. The average molecular weight is 509 g/mol. The lowest BCUT2D eigenvalue weighted by molar-refractivity contribution is -0.137. The molecule has 34 heavy (non-hydrogen) atoms. The number of ether oxygens (including phenoxy) is 1. The quantitative estimate of drug-likeness (QED) is 0.385. The highest BCUT2D eigenvalue weighted by atomic mass is 35.5. The zero-order valence-corrected chi connectivity index (χ0v) is 19.7. The van der Waals surface area contributed by atoms with Gasteiger partial charge in [-0.15, -0.1) is 0 Å². The fourth-order valence-corrected chi connectivity index (χ4v) is 4.09. The Morgan fingerprint density at radius 3 is 2.74 bits per heavy atom. The number of hydrogen-bond donors (Lipinski definition) is 3. The number of carbonyl (C=O) groups is 3. The van der Waals surface area contributed by atoms with Crippen LogP contribution in [0.1, 0.15) is 18.4 Å². The van der Waals surface area contributed by atoms with Crippen LogP contribution in [0.15, 0.2) is 42.5 Å². The van der Waals surface area contributed by atoms with E-state index in [4.69, 9.17) is 21.4 Å². The van der Waals surface area contributed by atoms with E-state index in [0.717, 1.165) is 10.2 Å². The Morgan fingerprint density at radius 2 is 2.00 bits per heavy atom. The van der Waals surface area contributed by atoms with Gasteiger partial charge in [-0.05, 0) is 30.2 Å². The number of benzene rings is 2. The number of rotatable bonds is 9. The molecule has 3 rings (SSSR count). The standard InChI is InChI=1S/C22H22ClFN4O5S/c1-28(21(31)25-11-13-5-4-6-15(24)19(13)23)14(9-10-18(29)30)12-33-22(32)27-20-26-16-7-2-3-8-17(16)34-20/h2-8,14H,9-12H2,1H3,(H,25,31)(H,29,30)(H,26,27,32)/t14-/m0/s1. The lowest BCUT2D eigenvalue weighted by Gasteiger charge is -2.27. The Labute approximate surface area is 203 Å². The van der Waals surface area contributed by atoms with E-state index in [1.54, 1.807) is 6.07 Å². The molecular formula is C22H22ClFN4O5S. The van der Waals surface area contributed by atoms with Crippen molar-refractivity contribution in [3.8, 4) is 0 Å². The van der Waals surface area contributed by atoms with Gasteiger partial charge in [0.15, 0.2) is 5.13 Å². The maximum Gasteiger partial charge on any atom is 0.413 e. The van der Waals surface area contributed by atoms with Gasteiger partial charge in [-0.2, -0.15) is 0 Å². The van der Waals surface area contributed by atoms with Crippen LogP contribution in [0.25, 0.3) is 10.2 Å². The number of anilines is 1. The van der Waals surface area contributed by atoms with Crippen LogP contribution in [0.4, 0.5) is 19.1 Å². The molecule has 2 aromatic carbocycles. The highest BCUT2D eigenvalue weighted by molar-refractivity contribution is 7.22. The zero-order chi connectivity index (χ0) is 24.7. The molecule has 0 radical (unpaired) electrons. The highest BCUT2D eigenvalue weighted by Gasteiger charge is 2.23. The van der Waals surface area contributed by atoms with Crippen molar-refractivity contribution >= 4 is 56.4 Å². The van der Waals surface area contributed by atoms with E-state index >= 15 is 0 Å². The van der Waals surface area contributed by atoms with Gasteiger partial charge in [0, 0.05) is 20.0 Å². The van der Waals surface area contributed by atoms with E-state index < -0.39 is 30.0 Å². The van der Waals surface area contributed by atoms with Crippen LogP contribution in [0.5, 0.6) is 0 Å². The predicted molar refractivity (Wildman–Crippen MR) is 127 cm³/mol. The number of carboxylic acid groups (broad SMARTS) is 1. The van der Waals surface area contributed by atoms with Gasteiger partial charge in [0.05, 0.1) is 21.3 Å². The Kier molecular flexibility index (Phi) is 8.61. The number of urea groups is 1. The summed E-state index contributed by atoms with van der Waals surface area (Å²) in [7, 11) is 1.45. The van der Waals surface area contributed by atoms with Gasteiger partial charge in [-0.25, -0.2) is 19.0 Å². The Hall–Kier alpha value is -3.44. The van der Waals surface area contributed by atoms with Crippen LogP contribution < -0.4 is 10.6 Å². The molecule has 0 saturated heterocycles. The molecule has 3 amide bonds. The lowest BCUT2D eigenvalue weighted by Crippen LogP contribution is -2.46. The number of amides is 3. The summed E-state index contributed by atoms with van der Waals surface area (Å²) in [4.78, 5) is 41.4. The number of para-hydroxylation sites is 1. The van der Waals surface area contributed by atoms with E-state index in [-0.39, 0.29) is 31.0 Å². The molecule has 3 aromatic rings. The molecule has 0 unspecified atom stereocenters. The van der Waals surface area contributed by atoms with Crippen molar-refractivity contribution in [1.29, 1.82) is 0 Å². The number of carboxylic acids is 1. The molecule has 0 spiro atoms. The first-order valence-electron chi connectivity index (χ1n) is 10.2. The summed E-state index contributed by atoms with van der Waals surface area (Å²) < 4.78 is 19.7. The van der Waals surface area contributed by atoms with Crippen LogP contribution in [0.2, 0.25) is 5.02 Å². The first-order chi connectivity index (χ1) is 16.2. The van der Waals surface area contributed by atoms with Crippen LogP contribution >= 0.6 is 22.9 Å². The van der Waals surface area contributed by atoms with Crippen LogP contribution in [0.3, 0.4) is 0 Å². The average Bonchev–Trinajstić information content (AvgIpc) is 3.21. The topological polar surface area (TPSA) is 121 Å². The minimum Gasteiger partial charge on any atom is -0.481 e. The van der Waals surface area contributed by atoms with Crippen molar-refractivity contribution in [2.75, 3.05) is 19.0 Å². The highest BCUT2D eigenvalue weighted by Crippen LogP contribution is 2.25. The fourth-order valence-electron chi connectivity index (χ4n) is 3.05. The number of carbonyl (C=O) groups excluding carboxylic acids is 2. The predicted octanol–water partition coefficient (Wildman–Crippen LogP) is 4.71. The molecule has 180 valence electrons. The zero-order valence-electron chi connectivity index (χ0n) is 18.1. The van der Waals surface area contributed by atoms with Crippen molar-refractivity contribution in [2.24, 2.45) is 0 Å². The number of hydrogen-bond acceptors (Lipinski definition) is 6. The number of nitrogens with zero attached hydrogens (tertiary/aromatic N) is 2. The Balaban J connectivity index is 1.58. The number of nitrogens with one attached hydrogen (secondary N) is 2. The summed E-state index contributed by atoms with van der Waals surface area (Å²) in [6.07, 6.45) is -0.963. The summed E-state index contributed by atoms with van der Waals surface area (Å²) in [5.41, 5.74) is 1.12. The van der Waals surface area contributed by atoms with Crippen molar-refractivity contribution in [3.63, 3.8) is 0 Å². The van der Waals surface area contributed by atoms with Gasteiger partial charge in [-0.3, -0.25) is 10.1 Å². The van der Waals surface area contributed by atoms with Gasteiger partial charge in [-0.1, -0.05) is 47.2 Å². The number of thiazole rings is 1. The monoisotopic (exact) mass is 508 g/mol. The van der Waals surface area contributed by atoms with Gasteiger partial charge in [0.2, 0.25) is 0 Å². The number of halogens is 2. The second kappa shape index (κ2) is 11.6. The molecule has 1 atom stereocenters. The SMILES string of the molecule is CN(C(=O)NCc1cccc(F)c1Cl)[C@@H](CCC(=O)O)COC(=O)Nc1nc2ccccc2s1. The minimum atomic E-state index is -1.05. The third-order valence-electron chi connectivity index (χ3n) is 4.93. The van der Waals surface area contributed by atoms with Crippen LogP contribution in [0, 0.1) is 5.82 Å². The summed E-state index contributed by atoms with van der Waals surface area (Å²) in [5.74, 6) is -1.65. The Morgan fingerprint density at radius 1 is 1.24 bits per heavy atom. The molecule has 9 nitrogen and oxygen atoms in total. The Bertz CT molecular complexity index is 1160. The molecule has 0 aliphatic carbocycles. The second-order valence-electron chi connectivity index (χ2n) is 7.28. The minimum absolute atomic E-state index is 0.0373. The van der Waals surface area contributed by atoms with Gasteiger partial charge < -0.3 is 20.1 Å². The summed E-state index contributed by atoms with van der Waals surface area (Å²) >= 11 is 7.19. The smallest absolute Gasteiger partial charge is 0.413 e. The molecular weight excluding hydrogens is 487 g/mol. The van der Waals surface area contributed by atoms with E-state index in [1.165, 1.54) is 35.4 Å². The summed E-state index contributed by atoms with van der Waals surface area (Å²) in [6, 6.07) is 10.3. The van der Waals surface area contributed by atoms with Crippen molar-refractivity contribution in [3.05, 3.63) is 58.9 Å².